The molecule has 7 rings (SSSR count). The van der Waals surface area contributed by atoms with E-state index in [2.05, 4.69) is 38.4 Å². The number of halogens is 2. The van der Waals surface area contributed by atoms with Gasteiger partial charge in [-0.2, -0.15) is 4.98 Å². The van der Waals surface area contributed by atoms with E-state index in [1.165, 1.54) is 5.56 Å². The minimum absolute atomic E-state index is 0.0890. The molecule has 3 aliphatic rings. The van der Waals surface area contributed by atoms with Crippen LogP contribution in [0.2, 0.25) is 10.0 Å². The monoisotopic (exact) mass is 758 g/mol. The number of carbonyl (C=O) groups excluding carboxylic acids is 2. The van der Waals surface area contributed by atoms with E-state index in [-0.39, 0.29) is 30.0 Å². The van der Waals surface area contributed by atoms with Crippen LogP contribution in [-0.2, 0) is 29.1 Å². The highest BCUT2D eigenvalue weighted by molar-refractivity contribution is 6.36. The van der Waals surface area contributed by atoms with Crippen molar-refractivity contribution in [3.05, 3.63) is 86.4 Å². The van der Waals surface area contributed by atoms with Gasteiger partial charge in [0.25, 0.3) is 0 Å². The third-order valence-electron chi connectivity index (χ3n) is 10.3. The summed E-state index contributed by atoms with van der Waals surface area (Å²) in [7, 11) is 3.20. The quantitative estimate of drug-likeness (QED) is 0.118. The SMILES string of the molecule is COc1nc(O[C@H]2CCc3c(-c4cccc(-c5cc(C)c(CNC[C@@H]6CCC(=O)N6)c(OC)n5)c4Cl)cccc32)c(Cl)cc1CNC[C@@H]1CCC(=O)N1. The second-order valence-electron chi connectivity index (χ2n) is 13.8. The summed E-state index contributed by atoms with van der Waals surface area (Å²) in [5, 5.41) is 13.8. The molecule has 2 fully saturated rings. The predicted octanol–water partition coefficient (Wildman–Crippen LogP) is 6.25. The highest BCUT2D eigenvalue weighted by atomic mass is 35.5. The molecule has 0 spiro atoms. The molecule has 4 heterocycles. The minimum Gasteiger partial charge on any atom is -0.481 e. The molecule has 53 heavy (non-hydrogen) atoms. The van der Waals surface area contributed by atoms with Gasteiger partial charge in [-0.25, -0.2) is 4.98 Å². The van der Waals surface area contributed by atoms with Crippen molar-refractivity contribution in [1.29, 1.82) is 0 Å². The number of rotatable bonds is 14. The van der Waals surface area contributed by atoms with Crippen molar-refractivity contribution in [3.63, 3.8) is 0 Å². The number of aryl methyl sites for hydroxylation is 1. The first kappa shape index (κ1) is 36.9. The Hall–Kier alpha value is -4.42. The van der Waals surface area contributed by atoms with Crippen LogP contribution in [0.25, 0.3) is 22.4 Å². The molecule has 13 heteroatoms. The van der Waals surface area contributed by atoms with Crippen LogP contribution in [0.4, 0.5) is 0 Å². The van der Waals surface area contributed by atoms with Gasteiger partial charge in [0.1, 0.15) is 11.1 Å². The number of pyridine rings is 2. The lowest BCUT2D eigenvalue weighted by Crippen LogP contribution is -2.35. The van der Waals surface area contributed by atoms with E-state index in [0.29, 0.717) is 66.7 Å². The number of benzene rings is 2. The summed E-state index contributed by atoms with van der Waals surface area (Å²) in [5.41, 5.74) is 8.53. The average molecular weight is 760 g/mol. The van der Waals surface area contributed by atoms with Crippen molar-refractivity contribution in [2.45, 2.75) is 76.7 Å². The first-order chi connectivity index (χ1) is 25.7. The Balaban J connectivity index is 1.08. The molecule has 4 aromatic rings. The summed E-state index contributed by atoms with van der Waals surface area (Å²) >= 11 is 14.0. The maximum Gasteiger partial charge on any atom is 0.236 e. The summed E-state index contributed by atoms with van der Waals surface area (Å²) in [5.74, 6) is 1.49. The number of carbonyl (C=O) groups is 2. The van der Waals surface area contributed by atoms with Gasteiger partial charge in [-0.3, -0.25) is 9.59 Å². The minimum atomic E-state index is -0.253. The van der Waals surface area contributed by atoms with Crippen LogP contribution >= 0.6 is 23.2 Å². The fraction of sp³-hybridized carbons (Fsp3) is 0.400. The maximum atomic E-state index is 11.6. The van der Waals surface area contributed by atoms with E-state index in [9.17, 15) is 9.59 Å². The summed E-state index contributed by atoms with van der Waals surface area (Å²) in [6.07, 6.45) is 4.09. The zero-order valence-corrected chi connectivity index (χ0v) is 31.6. The van der Waals surface area contributed by atoms with Crippen molar-refractivity contribution in [2.24, 2.45) is 0 Å². The van der Waals surface area contributed by atoms with Crippen molar-refractivity contribution in [2.75, 3.05) is 27.3 Å². The van der Waals surface area contributed by atoms with Gasteiger partial charge in [0.2, 0.25) is 29.5 Å². The predicted molar refractivity (Wildman–Crippen MR) is 205 cm³/mol. The molecule has 2 amide bonds. The zero-order valence-electron chi connectivity index (χ0n) is 30.1. The van der Waals surface area contributed by atoms with Crippen LogP contribution < -0.4 is 35.5 Å². The van der Waals surface area contributed by atoms with Crippen molar-refractivity contribution in [1.82, 2.24) is 31.2 Å². The molecule has 2 aliphatic heterocycles. The molecular weight excluding hydrogens is 715 g/mol. The largest absolute Gasteiger partial charge is 0.481 e. The van der Waals surface area contributed by atoms with Gasteiger partial charge in [0, 0.05) is 73.4 Å². The van der Waals surface area contributed by atoms with Gasteiger partial charge in [-0.05, 0) is 67.0 Å². The number of fused-ring (bicyclic) bond motifs is 1. The van der Waals surface area contributed by atoms with Crippen LogP contribution in [0.5, 0.6) is 17.6 Å². The molecular formula is C40H44Cl2N6O5. The van der Waals surface area contributed by atoms with Crippen LogP contribution in [-0.4, -0.2) is 61.2 Å². The van der Waals surface area contributed by atoms with Gasteiger partial charge in [0.15, 0.2) is 0 Å². The molecule has 2 aromatic heterocycles. The molecule has 1 aliphatic carbocycles. The third-order valence-corrected chi connectivity index (χ3v) is 11.0. The molecule has 278 valence electrons. The van der Waals surface area contributed by atoms with E-state index in [1.54, 1.807) is 14.2 Å². The van der Waals surface area contributed by atoms with Gasteiger partial charge in [-0.1, -0.05) is 59.6 Å². The Labute approximate surface area is 319 Å². The van der Waals surface area contributed by atoms with Crippen LogP contribution in [0.15, 0.2) is 48.5 Å². The molecule has 0 unspecified atom stereocenters. The van der Waals surface area contributed by atoms with E-state index in [0.717, 1.165) is 70.3 Å². The summed E-state index contributed by atoms with van der Waals surface area (Å²) < 4.78 is 17.9. The van der Waals surface area contributed by atoms with Crippen molar-refractivity contribution < 1.29 is 23.8 Å². The number of nitrogens with zero attached hydrogens (tertiary/aromatic N) is 2. The average Bonchev–Trinajstić information content (AvgIpc) is 3.89. The number of ether oxygens (including phenoxy) is 3. The lowest BCUT2D eigenvalue weighted by atomic mass is 9.94. The topological polar surface area (TPSA) is 136 Å². The zero-order chi connectivity index (χ0) is 37.1. The first-order valence-electron chi connectivity index (χ1n) is 18.1. The molecule has 0 bridgehead atoms. The lowest BCUT2D eigenvalue weighted by Gasteiger charge is -2.19. The number of nitrogens with one attached hydrogen (secondary N) is 4. The van der Waals surface area contributed by atoms with Gasteiger partial charge in [-0.15, -0.1) is 0 Å². The Morgan fingerprint density at radius 1 is 0.774 bits per heavy atom. The number of amides is 2. The summed E-state index contributed by atoms with van der Waals surface area (Å²) in [6, 6.07) is 16.4. The maximum absolute atomic E-state index is 11.6. The standard InChI is InChI=1S/C40H44Cl2N6O5/c1-22-16-33(47-39(52-3)31(22)21-44-20-25-11-15-36(50)46-25)30-9-5-8-29(37(30)42)26-6-4-7-28-27(26)12-13-34(28)53-40-32(41)17-23(38(48-40)51-2)18-43-19-24-10-14-35(49)45-24/h4-9,16-17,24-25,34,43-44H,10-15,18-21H2,1-3H3,(H,45,49)(H,46,50)/t24-,25-,34-/m0/s1. The van der Waals surface area contributed by atoms with Crippen LogP contribution in [0.1, 0.15) is 66.0 Å². The summed E-state index contributed by atoms with van der Waals surface area (Å²) in [4.78, 5) is 32.7. The smallest absolute Gasteiger partial charge is 0.236 e. The third kappa shape index (κ3) is 8.08. The Morgan fingerprint density at radius 2 is 1.43 bits per heavy atom. The molecule has 0 radical (unpaired) electrons. The number of methoxy groups -OCH3 is 2. The van der Waals surface area contributed by atoms with Gasteiger partial charge >= 0.3 is 0 Å². The number of aromatic nitrogens is 2. The Kier molecular flexibility index (Phi) is 11.4. The van der Waals surface area contributed by atoms with Gasteiger partial charge < -0.3 is 35.5 Å². The summed E-state index contributed by atoms with van der Waals surface area (Å²) in [6.45, 7) is 4.44. The van der Waals surface area contributed by atoms with Crippen LogP contribution in [0.3, 0.4) is 0 Å². The van der Waals surface area contributed by atoms with E-state index in [4.69, 9.17) is 42.4 Å². The lowest BCUT2D eigenvalue weighted by molar-refractivity contribution is -0.120. The van der Waals surface area contributed by atoms with Crippen molar-refractivity contribution >= 4 is 35.0 Å². The van der Waals surface area contributed by atoms with E-state index >= 15 is 0 Å². The fourth-order valence-corrected chi connectivity index (χ4v) is 8.09. The fourth-order valence-electron chi connectivity index (χ4n) is 7.55. The number of hydrogen-bond donors (Lipinski definition) is 4. The molecule has 11 nitrogen and oxygen atoms in total. The van der Waals surface area contributed by atoms with Crippen LogP contribution in [0, 0.1) is 6.92 Å². The van der Waals surface area contributed by atoms with E-state index in [1.807, 2.05) is 43.3 Å². The Morgan fingerprint density at radius 3 is 2.11 bits per heavy atom. The van der Waals surface area contributed by atoms with E-state index < -0.39 is 0 Å². The Bertz CT molecular complexity index is 2030. The van der Waals surface area contributed by atoms with Crippen molar-refractivity contribution in [3.8, 4) is 40.0 Å². The second-order valence-corrected chi connectivity index (χ2v) is 14.6. The molecule has 2 saturated heterocycles. The second kappa shape index (κ2) is 16.3. The molecule has 0 saturated carbocycles. The normalized spacial score (nSPS) is 19.2. The highest BCUT2D eigenvalue weighted by Crippen LogP contribution is 2.45. The molecule has 3 atom stereocenters. The molecule has 4 N–H and O–H groups in total. The first-order valence-corrected chi connectivity index (χ1v) is 18.8. The van der Waals surface area contributed by atoms with Gasteiger partial charge in [0.05, 0.1) is 24.9 Å². The highest BCUT2D eigenvalue weighted by Gasteiger charge is 2.29. The number of hydrogen-bond acceptors (Lipinski definition) is 9. The molecule has 2 aromatic carbocycles.